The molecule has 6 nitrogen and oxygen atoms in total. The second-order valence-corrected chi connectivity index (χ2v) is 8.92. The molecule has 0 spiro atoms. The summed E-state index contributed by atoms with van der Waals surface area (Å²) in [6.45, 7) is 3.38. The first-order valence-corrected chi connectivity index (χ1v) is 10.9. The number of carbonyl (C=O) groups is 1. The van der Waals surface area contributed by atoms with E-state index in [2.05, 4.69) is 10.0 Å². The smallest absolute Gasteiger partial charge is 0.262 e. The van der Waals surface area contributed by atoms with Crippen LogP contribution < -0.4 is 14.8 Å². The molecule has 0 bridgehead atoms. The van der Waals surface area contributed by atoms with E-state index in [1.165, 1.54) is 36.4 Å². The van der Waals surface area contributed by atoms with Crippen LogP contribution in [0.5, 0.6) is 5.75 Å². The van der Waals surface area contributed by atoms with Crippen LogP contribution >= 0.6 is 34.8 Å². The van der Waals surface area contributed by atoms with Crippen molar-refractivity contribution in [2.24, 2.45) is 0 Å². The number of sulfonamides is 1. The highest BCUT2D eigenvalue weighted by atomic mass is 35.5. The van der Waals surface area contributed by atoms with Crippen LogP contribution in [0.4, 0.5) is 5.69 Å². The van der Waals surface area contributed by atoms with Gasteiger partial charge in [0.1, 0.15) is 5.75 Å². The van der Waals surface area contributed by atoms with Gasteiger partial charge < -0.3 is 10.1 Å². The fourth-order valence-electron chi connectivity index (χ4n) is 2.08. The van der Waals surface area contributed by atoms with E-state index in [0.29, 0.717) is 17.9 Å². The van der Waals surface area contributed by atoms with Gasteiger partial charge in [0.05, 0.1) is 25.7 Å². The van der Waals surface area contributed by atoms with Crippen molar-refractivity contribution in [3.05, 3.63) is 51.5 Å². The van der Waals surface area contributed by atoms with Gasteiger partial charge in [0.2, 0.25) is 10.0 Å². The SMILES string of the molecule is CC[C@H](C)NS(=O)(=O)c1ccc(OCC(=O)Nc2cc(Cl)c(Cl)cc2Cl)cc1. The molecule has 0 saturated heterocycles. The molecular formula is C18H19Cl3N2O4S. The maximum absolute atomic E-state index is 12.2. The maximum Gasteiger partial charge on any atom is 0.262 e. The van der Waals surface area contributed by atoms with E-state index in [0.717, 1.165) is 0 Å². The number of amides is 1. The van der Waals surface area contributed by atoms with Crippen LogP contribution in [0, 0.1) is 0 Å². The standard InChI is InChI=1S/C18H19Cl3N2O4S/c1-3-11(2)23-28(25,26)13-6-4-12(5-7-13)27-10-18(24)22-17-9-15(20)14(19)8-16(17)21/h4-9,11,23H,3,10H2,1-2H3,(H,22,24)/t11-/m0/s1. The molecule has 0 heterocycles. The summed E-state index contributed by atoms with van der Waals surface area (Å²) in [5.74, 6) is -0.117. The van der Waals surface area contributed by atoms with E-state index >= 15 is 0 Å². The number of halogens is 3. The monoisotopic (exact) mass is 464 g/mol. The van der Waals surface area contributed by atoms with Crippen LogP contribution in [0.25, 0.3) is 0 Å². The van der Waals surface area contributed by atoms with Crippen molar-refractivity contribution in [2.45, 2.75) is 31.2 Å². The summed E-state index contributed by atoms with van der Waals surface area (Å²) in [5.41, 5.74) is 0.308. The molecule has 0 aliphatic rings. The highest BCUT2D eigenvalue weighted by Gasteiger charge is 2.16. The van der Waals surface area contributed by atoms with Gasteiger partial charge in [0.15, 0.2) is 6.61 Å². The molecule has 0 aromatic heterocycles. The van der Waals surface area contributed by atoms with Crippen LogP contribution in [-0.2, 0) is 14.8 Å². The molecule has 1 atom stereocenters. The number of ether oxygens (including phenoxy) is 1. The molecule has 28 heavy (non-hydrogen) atoms. The van der Waals surface area contributed by atoms with E-state index in [9.17, 15) is 13.2 Å². The summed E-state index contributed by atoms with van der Waals surface area (Å²) in [4.78, 5) is 12.2. The fraction of sp³-hybridized carbons (Fsp3) is 0.278. The number of benzene rings is 2. The first-order chi connectivity index (χ1) is 13.1. The zero-order valence-electron chi connectivity index (χ0n) is 15.1. The third-order valence-corrected chi connectivity index (χ3v) is 6.40. The molecule has 2 rings (SSSR count). The van der Waals surface area contributed by atoms with Gasteiger partial charge in [-0.25, -0.2) is 13.1 Å². The molecule has 10 heteroatoms. The van der Waals surface area contributed by atoms with E-state index in [1.807, 2.05) is 6.92 Å². The molecule has 0 unspecified atom stereocenters. The molecule has 0 radical (unpaired) electrons. The lowest BCUT2D eigenvalue weighted by Crippen LogP contribution is -2.31. The normalized spacial score (nSPS) is 12.5. The van der Waals surface area contributed by atoms with Crippen LogP contribution in [0.3, 0.4) is 0 Å². The average molecular weight is 466 g/mol. The topological polar surface area (TPSA) is 84.5 Å². The molecule has 0 fully saturated rings. The van der Waals surface area contributed by atoms with Gasteiger partial charge in [-0.2, -0.15) is 0 Å². The number of nitrogens with one attached hydrogen (secondary N) is 2. The molecule has 2 aromatic rings. The fourth-order valence-corrected chi connectivity index (χ4v) is 4.01. The Morgan fingerprint density at radius 3 is 2.29 bits per heavy atom. The molecule has 0 aliphatic carbocycles. The number of hydrogen-bond acceptors (Lipinski definition) is 4. The van der Waals surface area contributed by atoms with Crippen molar-refractivity contribution in [2.75, 3.05) is 11.9 Å². The van der Waals surface area contributed by atoms with Crippen LogP contribution in [-0.4, -0.2) is 27.0 Å². The zero-order chi connectivity index (χ0) is 20.9. The van der Waals surface area contributed by atoms with Crippen molar-refractivity contribution >= 4 is 56.4 Å². The van der Waals surface area contributed by atoms with E-state index < -0.39 is 15.9 Å². The van der Waals surface area contributed by atoms with Crippen LogP contribution in [0.1, 0.15) is 20.3 Å². The number of anilines is 1. The Labute approximate surface area is 179 Å². The highest BCUT2D eigenvalue weighted by molar-refractivity contribution is 7.89. The molecule has 2 aromatic carbocycles. The minimum absolute atomic E-state index is 0.118. The Bertz CT molecular complexity index is 950. The minimum Gasteiger partial charge on any atom is -0.484 e. The second kappa shape index (κ2) is 9.80. The lowest BCUT2D eigenvalue weighted by atomic mass is 10.3. The zero-order valence-corrected chi connectivity index (χ0v) is 18.2. The third-order valence-electron chi connectivity index (χ3n) is 3.76. The highest BCUT2D eigenvalue weighted by Crippen LogP contribution is 2.32. The Balaban J connectivity index is 1.96. The summed E-state index contributed by atoms with van der Waals surface area (Å²) in [6.07, 6.45) is 0.679. The molecule has 2 N–H and O–H groups in total. The Hall–Kier alpha value is -1.51. The quantitative estimate of drug-likeness (QED) is 0.551. The molecule has 1 amide bonds. The van der Waals surface area contributed by atoms with Crippen LogP contribution in [0.15, 0.2) is 41.3 Å². The predicted molar refractivity (Wildman–Crippen MR) is 112 cm³/mol. The summed E-state index contributed by atoms with van der Waals surface area (Å²) < 4.78 is 32.4. The van der Waals surface area contributed by atoms with Gasteiger partial charge in [0, 0.05) is 6.04 Å². The summed E-state index contributed by atoms with van der Waals surface area (Å²) >= 11 is 17.8. The number of rotatable bonds is 8. The molecule has 0 saturated carbocycles. The number of hydrogen-bond donors (Lipinski definition) is 2. The number of carbonyl (C=O) groups excluding carboxylic acids is 1. The molecule has 152 valence electrons. The molecular weight excluding hydrogens is 447 g/mol. The Morgan fingerprint density at radius 2 is 1.68 bits per heavy atom. The van der Waals surface area contributed by atoms with Gasteiger partial charge in [-0.1, -0.05) is 41.7 Å². The lowest BCUT2D eigenvalue weighted by molar-refractivity contribution is -0.118. The van der Waals surface area contributed by atoms with Gasteiger partial charge in [-0.3, -0.25) is 4.79 Å². The Morgan fingerprint density at radius 1 is 1.07 bits per heavy atom. The van der Waals surface area contributed by atoms with Crippen molar-refractivity contribution in [3.8, 4) is 5.75 Å². The van der Waals surface area contributed by atoms with E-state index in [1.54, 1.807) is 6.92 Å². The second-order valence-electron chi connectivity index (χ2n) is 5.99. The first-order valence-electron chi connectivity index (χ1n) is 8.32. The largest absolute Gasteiger partial charge is 0.484 e. The lowest BCUT2D eigenvalue weighted by Gasteiger charge is -2.13. The van der Waals surface area contributed by atoms with Gasteiger partial charge in [-0.05, 0) is 49.7 Å². The van der Waals surface area contributed by atoms with Crippen LogP contribution in [0.2, 0.25) is 15.1 Å². The van der Waals surface area contributed by atoms with E-state index in [-0.39, 0.29) is 32.6 Å². The van der Waals surface area contributed by atoms with E-state index in [4.69, 9.17) is 39.5 Å². The average Bonchev–Trinajstić information content (AvgIpc) is 2.64. The predicted octanol–water partition coefficient (Wildman–Crippen LogP) is 4.74. The first kappa shape index (κ1) is 22.8. The minimum atomic E-state index is -3.60. The Kier molecular flexibility index (Phi) is 7.97. The summed E-state index contributed by atoms with van der Waals surface area (Å²) in [5, 5.41) is 3.34. The maximum atomic E-state index is 12.2. The van der Waals surface area contributed by atoms with Crippen molar-refractivity contribution in [1.82, 2.24) is 4.72 Å². The summed E-state index contributed by atoms with van der Waals surface area (Å²) in [7, 11) is -3.60. The van der Waals surface area contributed by atoms with Crippen molar-refractivity contribution < 1.29 is 17.9 Å². The summed E-state index contributed by atoms with van der Waals surface area (Å²) in [6, 6.07) is 8.47. The third kappa shape index (κ3) is 6.25. The molecule has 0 aliphatic heterocycles. The van der Waals surface area contributed by atoms with Gasteiger partial charge in [-0.15, -0.1) is 0 Å². The van der Waals surface area contributed by atoms with Gasteiger partial charge >= 0.3 is 0 Å². The van der Waals surface area contributed by atoms with Gasteiger partial charge in [0.25, 0.3) is 5.91 Å². The van der Waals surface area contributed by atoms with Crippen molar-refractivity contribution in [1.29, 1.82) is 0 Å². The van der Waals surface area contributed by atoms with Crippen molar-refractivity contribution in [3.63, 3.8) is 0 Å².